The van der Waals surface area contributed by atoms with Gasteiger partial charge in [-0.05, 0) is 68.8 Å². The number of fused-ring (bicyclic) bond motifs is 1. The van der Waals surface area contributed by atoms with Crippen LogP contribution in [0.2, 0.25) is 0 Å². The summed E-state index contributed by atoms with van der Waals surface area (Å²) < 4.78 is 0. The van der Waals surface area contributed by atoms with Crippen molar-refractivity contribution in [3.63, 3.8) is 0 Å². The standard InChI is InChI=1S/C23H35N5O3S/c1-26(2)15-6-8-16(9-7-15)28-20-17(14-18(29)21(30)19(20)25-23(28)32)22(31)24-10-13-27-11-4-3-5-12-27/h6-9,17-21,29-30H,3-5,10-14H2,1-2H3,(H,24,31)(H,25,32)/t17-,18-,19-,20-,21+/m1/s1. The summed E-state index contributed by atoms with van der Waals surface area (Å²) >= 11 is 5.60. The van der Waals surface area contributed by atoms with Crippen molar-refractivity contribution >= 4 is 34.6 Å². The van der Waals surface area contributed by atoms with Crippen LogP contribution in [-0.2, 0) is 4.79 Å². The highest BCUT2D eigenvalue weighted by Crippen LogP contribution is 2.37. The van der Waals surface area contributed by atoms with Gasteiger partial charge in [0.05, 0.1) is 24.1 Å². The van der Waals surface area contributed by atoms with Gasteiger partial charge >= 0.3 is 0 Å². The summed E-state index contributed by atoms with van der Waals surface area (Å²) in [5, 5.41) is 27.8. The summed E-state index contributed by atoms with van der Waals surface area (Å²) in [4.78, 5) is 19.6. The minimum atomic E-state index is -0.985. The van der Waals surface area contributed by atoms with Gasteiger partial charge < -0.3 is 35.5 Å². The zero-order valence-electron chi connectivity index (χ0n) is 18.9. The first-order valence-electron chi connectivity index (χ1n) is 11.6. The van der Waals surface area contributed by atoms with Crippen molar-refractivity contribution in [2.24, 2.45) is 5.92 Å². The average Bonchev–Trinajstić information content (AvgIpc) is 3.14. The van der Waals surface area contributed by atoms with E-state index in [1.807, 2.05) is 48.2 Å². The number of nitrogens with zero attached hydrogens (tertiary/aromatic N) is 3. The molecule has 0 aromatic heterocycles. The number of anilines is 2. The number of hydrogen-bond donors (Lipinski definition) is 4. The van der Waals surface area contributed by atoms with Crippen LogP contribution < -0.4 is 20.4 Å². The molecule has 3 fully saturated rings. The first kappa shape index (κ1) is 23.2. The van der Waals surface area contributed by atoms with Gasteiger partial charge in [-0.15, -0.1) is 0 Å². The predicted octanol–water partition coefficient (Wildman–Crippen LogP) is 0.528. The Balaban J connectivity index is 1.50. The van der Waals surface area contributed by atoms with Crippen LogP contribution in [0.4, 0.5) is 11.4 Å². The van der Waals surface area contributed by atoms with E-state index in [0.29, 0.717) is 11.7 Å². The van der Waals surface area contributed by atoms with Crippen LogP contribution in [0.1, 0.15) is 25.7 Å². The summed E-state index contributed by atoms with van der Waals surface area (Å²) in [5.41, 5.74) is 1.93. The van der Waals surface area contributed by atoms with Crippen LogP contribution in [0.5, 0.6) is 0 Å². The van der Waals surface area contributed by atoms with Crippen molar-refractivity contribution in [2.45, 2.75) is 50.0 Å². The number of thiocarbonyl (C=S) groups is 1. The van der Waals surface area contributed by atoms with Gasteiger partial charge in [-0.25, -0.2) is 0 Å². The lowest BCUT2D eigenvalue weighted by atomic mass is 9.77. The third-order valence-corrected chi connectivity index (χ3v) is 7.32. The van der Waals surface area contributed by atoms with Crippen LogP contribution in [0.15, 0.2) is 24.3 Å². The maximum Gasteiger partial charge on any atom is 0.225 e. The lowest BCUT2D eigenvalue weighted by Gasteiger charge is -2.41. The van der Waals surface area contributed by atoms with E-state index in [0.717, 1.165) is 31.0 Å². The van der Waals surface area contributed by atoms with E-state index < -0.39 is 24.2 Å². The molecule has 32 heavy (non-hydrogen) atoms. The molecule has 9 heteroatoms. The number of aliphatic hydroxyl groups excluding tert-OH is 2. The Kier molecular flexibility index (Phi) is 7.19. The maximum atomic E-state index is 13.2. The molecule has 1 aromatic carbocycles. The second-order valence-electron chi connectivity index (χ2n) is 9.34. The Labute approximate surface area is 195 Å². The molecule has 0 radical (unpaired) electrons. The monoisotopic (exact) mass is 461 g/mol. The summed E-state index contributed by atoms with van der Waals surface area (Å²) in [7, 11) is 3.96. The van der Waals surface area contributed by atoms with Crippen molar-refractivity contribution in [1.82, 2.24) is 15.5 Å². The summed E-state index contributed by atoms with van der Waals surface area (Å²) in [6.07, 6.45) is 1.97. The fourth-order valence-electron chi connectivity index (χ4n) is 5.20. The SMILES string of the molecule is CN(C)c1ccc(N2C(=S)N[C@H]3[C@@H](O)[C@H](O)C[C@@H](C(=O)NCCN4CCCCC4)[C@H]32)cc1. The zero-order chi connectivity index (χ0) is 22.8. The third kappa shape index (κ3) is 4.71. The number of carbonyl (C=O) groups excluding carboxylic acids is 1. The topological polar surface area (TPSA) is 91.3 Å². The summed E-state index contributed by atoms with van der Waals surface area (Å²) in [6, 6.07) is 7.11. The first-order chi connectivity index (χ1) is 15.4. The Bertz CT molecular complexity index is 814. The zero-order valence-corrected chi connectivity index (χ0v) is 19.7. The molecule has 1 aliphatic carbocycles. The molecule has 2 aliphatic heterocycles. The molecule has 0 unspecified atom stereocenters. The molecule has 1 saturated carbocycles. The first-order valence-corrected chi connectivity index (χ1v) is 12.0. The largest absolute Gasteiger partial charge is 0.390 e. The molecule has 1 aromatic rings. The fourth-order valence-corrected chi connectivity index (χ4v) is 5.57. The number of nitrogens with one attached hydrogen (secondary N) is 2. The van der Waals surface area contributed by atoms with E-state index in [1.54, 1.807) is 0 Å². The van der Waals surface area contributed by atoms with Crippen molar-refractivity contribution in [3.05, 3.63) is 24.3 Å². The lowest BCUT2D eigenvalue weighted by Crippen LogP contribution is -2.61. The number of piperidine rings is 1. The number of aliphatic hydroxyl groups is 2. The molecular weight excluding hydrogens is 426 g/mol. The maximum absolute atomic E-state index is 13.2. The molecule has 8 nitrogen and oxygen atoms in total. The Hall–Kier alpha value is -1.94. The van der Waals surface area contributed by atoms with Crippen LogP contribution in [-0.4, -0.2) is 90.7 Å². The van der Waals surface area contributed by atoms with E-state index in [-0.39, 0.29) is 18.4 Å². The summed E-state index contributed by atoms with van der Waals surface area (Å²) in [6.45, 7) is 3.60. The van der Waals surface area contributed by atoms with Crippen LogP contribution in [0.3, 0.4) is 0 Å². The fraction of sp³-hybridized carbons (Fsp3) is 0.652. The van der Waals surface area contributed by atoms with E-state index in [2.05, 4.69) is 15.5 Å². The molecule has 3 aliphatic rings. The van der Waals surface area contributed by atoms with Gasteiger partial charge in [0.25, 0.3) is 0 Å². The van der Waals surface area contributed by atoms with Gasteiger partial charge in [0, 0.05) is 38.6 Å². The second kappa shape index (κ2) is 9.91. The Morgan fingerprint density at radius 1 is 1.19 bits per heavy atom. The Morgan fingerprint density at radius 2 is 1.88 bits per heavy atom. The van der Waals surface area contributed by atoms with Crippen molar-refractivity contribution in [2.75, 3.05) is 50.1 Å². The normalized spacial score (nSPS) is 30.6. The summed E-state index contributed by atoms with van der Waals surface area (Å²) in [5.74, 6) is -0.578. The van der Waals surface area contributed by atoms with Gasteiger partial charge in [-0.2, -0.15) is 0 Å². The molecule has 4 rings (SSSR count). The highest BCUT2D eigenvalue weighted by molar-refractivity contribution is 7.80. The predicted molar refractivity (Wildman–Crippen MR) is 130 cm³/mol. The van der Waals surface area contributed by atoms with Gasteiger partial charge in [-0.3, -0.25) is 4.79 Å². The number of carbonyl (C=O) groups is 1. The molecule has 0 spiro atoms. The molecule has 5 atom stereocenters. The molecule has 2 heterocycles. The van der Waals surface area contributed by atoms with E-state index in [4.69, 9.17) is 12.2 Å². The minimum absolute atomic E-state index is 0.0932. The number of benzene rings is 1. The van der Waals surface area contributed by atoms with E-state index in [9.17, 15) is 15.0 Å². The van der Waals surface area contributed by atoms with Gasteiger partial charge in [0.1, 0.15) is 6.10 Å². The smallest absolute Gasteiger partial charge is 0.225 e. The third-order valence-electron chi connectivity index (χ3n) is 7.00. The second-order valence-corrected chi connectivity index (χ2v) is 9.73. The van der Waals surface area contributed by atoms with Crippen LogP contribution >= 0.6 is 12.2 Å². The molecule has 4 N–H and O–H groups in total. The quantitative estimate of drug-likeness (QED) is 0.456. The van der Waals surface area contributed by atoms with E-state index >= 15 is 0 Å². The number of likely N-dealkylation sites (tertiary alicyclic amines) is 1. The van der Waals surface area contributed by atoms with Crippen LogP contribution in [0.25, 0.3) is 0 Å². The number of hydrogen-bond acceptors (Lipinski definition) is 6. The Morgan fingerprint density at radius 3 is 2.53 bits per heavy atom. The molecule has 2 saturated heterocycles. The van der Waals surface area contributed by atoms with Crippen LogP contribution in [0, 0.1) is 5.92 Å². The van der Waals surface area contributed by atoms with Gasteiger partial charge in [0.15, 0.2) is 5.11 Å². The molecule has 0 bridgehead atoms. The highest BCUT2D eigenvalue weighted by atomic mass is 32.1. The molecular formula is C23H35N5O3S. The van der Waals surface area contributed by atoms with Crippen molar-refractivity contribution < 1.29 is 15.0 Å². The highest BCUT2D eigenvalue weighted by Gasteiger charge is 2.53. The number of amides is 1. The van der Waals surface area contributed by atoms with Gasteiger partial charge in [-0.1, -0.05) is 6.42 Å². The van der Waals surface area contributed by atoms with Crippen molar-refractivity contribution in [3.8, 4) is 0 Å². The molecule has 1 amide bonds. The average molecular weight is 462 g/mol. The lowest BCUT2D eigenvalue weighted by molar-refractivity contribution is -0.131. The van der Waals surface area contributed by atoms with Gasteiger partial charge in [0.2, 0.25) is 5.91 Å². The molecule has 176 valence electrons. The number of rotatable bonds is 6. The minimum Gasteiger partial charge on any atom is -0.390 e. The van der Waals surface area contributed by atoms with Crippen molar-refractivity contribution in [1.29, 1.82) is 0 Å². The van der Waals surface area contributed by atoms with E-state index in [1.165, 1.54) is 19.3 Å².